The Kier molecular flexibility index (Phi) is 20.4. The first-order chi connectivity index (χ1) is 33.7. The molecule has 0 fully saturated rings. The summed E-state index contributed by atoms with van der Waals surface area (Å²) in [5.41, 5.74) is 2.77. The van der Waals surface area contributed by atoms with Crippen LogP contribution in [0.15, 0.2) is 30.0 Å². The minimum Gasteiger partial charge on any atom is -0.871 e. The fourth-order valence-electron chi connectivity index (χ4n) is 11.5. The van der Waals surface area contributed by atoms with Gasteiger partial charge in [0.15, 0.2) is 11.8 Å². The summed E-state index contributed by atoms with van der Waals surface area (Å²) < 4.78 is 2.40. The van der Waals surface area contributed by atoms with E-state index in [1.807, 2.05) is 75.5 Å². The van der Waals surface area contributed by atoms with Gasteiger partial charge in [-0.2, -0.15) is 23.5 Å². The van der Waals surface area contributed by atoms with Crippen molar-refractivity contribution in [3.05, 3.63) is 57.3 Å². The average molecular weight is 1030 g/mol. The highest BCUT2D eigenvalue weighted by atomic mass is 32.2. The molecule has 5 rings (SSSR count). The molecule has 8 nitrogen and oxygen atoms in total. The quantitative estimate of drug-likeness (QED) is 0.0678. The number of anilines is 3. The van der Waals surface area contributed by atoms with E-state index in [1.54, 1.807) is 0 Å². The van der Waals surface area contributed by atoms with Gasteiger partial charge < -0.3 is 20.6 Å². The van der Waals surface area contributed by atoms with Gasteiger partial charge >= 0.3 is 0 Å². The zero-order valence-electron chi connectivity index (χ0n) is 48.4. The van der Waals surface area contributed by atoms with Crippen molar-refractivity contribution < 1.29 is 19.5 Å². The van der Waals surface area contributed by atoms with E-state index in [2.05, 4.69) is 117 Å². The van der Waals surface area contributed by atoms with Crippen LogP contribution in [0.2, 0.25) is 0 Å². The lowest BCUT2D eigenvalue weighted by Gasteiger charge is -2.34. The van der Waals surface area contributed by atoms with E-state index in [0.717, 1.165) is 82.7 Å². The lowest BCUT2D eigenvalue weighted by molar-refractivity contribution is -0.292. The van der Waals surface area contributed by atoms with Crippen molar-refractivity contribution in [1.29, 1.82) is 0 Å². The molecule has 1 aliphatic carbocycles. The number of amides is 2. The van der Waals surface area contributed by atoms with Crippen molar-refractivity contribution in [1.82, 2.24) is 4.58 Å². The molecular weight excluding hydrogens is 929 g/mol. The van der Waals surface area contributed by atoms with E-state index < -0.39 is 10.8 Å². The third-order valence-corrected chi connectivity index (χ3v) is 20.0. The number of ketones is 1. The molecule has 2 aromatic rings. The van der Waals surface area contributed by atoms with Gasteiger partial charge in [0.1, 0.15) is 6.04 Å². The molecule has 4 unspecified atom stereocenters. The van der Waals surface area contributed by atoms with Crippen LogP contribution in [-0.2, 0) is 25.2 Å². The summed E-state index contributed by atoms with van der Waals surface area (Å²) in [7, 11) is 0. The zero-order chi connectivity index (χ0) is 53.7. The molecule has 72 heavy (non-hydrogen) atoms. The Hall–Kier alpha value is -3.24. The van der Waals surface area contributed by atoms with E-state index >= 15 is 9.90 Å². The topological polar surface area (TPSA) is 105 Å². The van der Waals surface area contributed by atoms with Crippen LogP contribution >= 0.6 is 23.5 Å². The van der Waals surface area contributed by atoms with E-state index in [-0.39, 0.29) is 69.5 Å². The molecular formula is C62H98N4O4S2. The number of carbonyl (C=O) groups excluding carboxylic acids is 3. The molecule has 0 aromatic heterocycles. The minimum atomic E-state index is -0.687. The van der Waals surface area contributed by atoms with Crippen molar-refractivity contribution in [3.8, 4) is 0 Å². The van der Waals surface area contributed by atoms with Crippen LogP contribution in [0.5, 0.6) is 0 Å². The highest BCUT2D eigenvalue weighted by Crippen LogP contribution is 2.51. The van der Waals surface area contributed by atoms with Crippen LogP contribution in [0, 0.1) is 22.7 Å². The Balaban J connectivity index is 1.57. The van der Waals surface area contributed by atoms with Crippen LogP contribution in [0.3, 0.4) is 0 Å². The lowest BCUT2D eigenvalue weighted by Crippen LogP contribution is -2.42. The van der Waals surface area contributed by atoms with Crippen molar-refractivity contribution in [3.63, 3.8) is 0 Å². The van der Waals surface area contributed by atoms with E-state index in [0.29, 0.717) is 22.2 Å². The van der Waals surface area contributed by atoms with E-state index in [9.17, 15) is 9.59 Å². The largest absolute Gasteiger partial charge is 0.871 e. The standard InChI is InChI=1S/C62H98N4O4S2/c1-19-23-27-43(21-3)37-71-31-25-29-59(11,12)57(69)63-49-35-51-47(61(15,16)41(9)65(51)39(5)6)33-45(49)53-55(67)54(56(53)68)46-34-48-52(66(40(7)8)42(10)62(48,17)18)36-50(46)64-58(70)60(13,14)30-26-32-72-38-44(22-4)28-24-20-2/h33-36,39-44H,19-32,37-38H2,1-18H3,(H2,63,64,67,68,69,70). The molecule has 4 atom stereocenters. The monoisotopic (exact) mass is 1030 g/mol. The minimum absolute atomic E-state index is 0.0874. The average Bonchev–Trinajstić information content (AvgIpc) is 3.63. The molecule has 2 N–H and O–H groups in total. The number of unbranched alkanes of at least 4 members (excludes halogenated alkanes) is 2. The first-order valence-corrected chi connectivity index (χ1v) is 30.6. The predicted molar refractivity (Wildman–Crippen MR) is 311 cm³/mol. The molecule has 0 saturated heterocycles. The van der Waals surface area contributed by atoms with Gasteiger partial charge in [-0.25, -0.2) is 4.58 Å². The Bertz CT molecular complexity index is 2430. The fraction of sp³-hybridized carbons (Fsp3) is 0.710. The smallest absolute Gasteiger partial charge is 0.230 e. The molecule has 3 aliphatic rings. The summed E-state index contributed by atoms with van der Waals surface area (Å²) >= 11 is 4.00. The van der Waals surface area contributed by atoms with E-state index in [1.165, 1.54) is 51.4 Å². The molecule has 402 valence electrons. The van der Waals surface area contributed by atoms with Gasteiger partial charge in [0.2, 0.25) is 17.2 Å². The Morgan fingerprint density at radius 2 is 1.24 bits per heavy atom. The molecule has 2 amide bonds. The number of benzene rings is 2. The maximum absolute atomic E-state index is 15.2. The lowest BCUT2D eigenvalue weighted by atomic mass is 9.76. The van der Waals surface area contributed by atoms with Crippen LogP contribution in [0.4, 0.5) is 17.1 Å². The number of Topliss-reactive ketones (excluding diaryl/α,β-unsaturated/α-hetero) is 1. The zero-order valence-corrected chi connectivity index (χ0v) is 50.1. The fourth-order valence-corrected chi connectivity index (χ4v) is 14.0. The van der Waals surface area contributed by atoms with Crippen molar-refractivity contribution in [2.75, 3.05) is 38.5 Å². The molecule has 0 spiro atoms. The Labute approximate surface area is 446 Å². The second-order valence-electron chi connectivity index (χ2n) is 24.9. The number of thioether (sulfide) groups is 2. The summed E-state index contributed by atoms with van der Waals surface area (Å²) in [5, 5.41) is 23.3. The van der Waals surface area contributed by atoms with Crippen LogP contribution in [0.1, 0.15) is 218 Å². The number of nitrogens with zero attached hydrogens (tertiary/aromatic N) is 2. The summed E-state index contributed by atoms with van der Waals surface area (Å²) in [5.74, 6) is 4.84. The number of carbonyl (C=O) groups is 3. The van der Waals surface area contributed by atoms with E-state index in [4.69, 9.17) is 0 Å². The summed E-state index contributed by atoms with van der Waals surface area (Å²) in [6.45, 7) is 39.2. The Morgan fingerprint density at radius 3 is 1.69 bits per heavy atom. The number of hydrogen-bond donors (Lipinski definition) is 2. The summed E-state index contributed by atoms with van der Waals surface area (Å²) in [6.07, 6.45) is 13.2. The number of fused-ring (bicyclic) bond motifs is 2. The third kappa shape index (κ3) is 12.7. The molecule has 2 aliphatic heterocycles. The predicted octanol–water partition coefficient (Wildman–Crippen LogP) is 13.1. The van der Waals surface area contributed by atoms with Gasteiger partial charge in [-0.3, -0.25) is 14.4 Å². The van der Waals surface area contributed by atoms with Crippen LogP contribution < -0.4 is 35.8 Å². The molecule has 2 heterocycles. The molecule has 2 aromatic carbocycles. The molecule has 10 heteroatoms. The Morgan fingerprint density at radius 1 is 0.722 bits per heavy atom. The third-order valence-electron chi connectivity index (χ3n) is 17.4. The highest BCUT2D eigenvalue weighted by molar-refractivity contribution is 7.99. The second kappa shape index (κ2) is 24.6. The first-order valence-electron chi connectivity index (χ1n) is 28.3. The molecule has 0 radical (unpaired) electrons. The SMILES string of the molecule is CCCCC(CC)CSCCCC(C)(C)C(=O)Nc1cc2c(cc1C1=C([O-])/C(=c3/cc4c(cc3NC(=O)C(C)(C)CCCSCC(CC)CCCC)=[N+](C(C)C)C(C)C4(C)C)C1=O)C(C)(C)C(C)N2C(C)C. The second-order valence-corrected chi connectivity index (χ2v) is 27.2. The van der Waals surface area contributed by atoms with Crippen molar-refractivity contribution in [2.24, 2.45) is 22.7 Å². The summed E-state index contributed by atoms with van der Waals surface area (Å²) in [6, 6.07) is 8.71. The van der Waals surface area contributed by atoms with Gasteiger partial charge in [-0.1, -0.05) is 114 Å². The number of rotatable bonds is 27. The van der Waals surface area contributed by atoms with Gasteiger partial charge in [0.05, 0.1) is 16.8 Å². The molecule has 0 bridgehead atoms. The first kappa shape index (κ1) is 59.6. The number of hydrogen-bond acceptors (Lipinski definition) is 7. The van der Waals surface area contributed by atoms with Gasteiger partial charge in [0.25, 0.3) is 0 Å². The molecule has 0 saturated carbocycles. The maximum Gasteiger partial charge on any atom is 0.230 e. The van der Waals surface area contributed by atoms with Crippen LogP contribution in [-0.4, -0.2) is 64.8 Å². The number of allylic oxidation sites excluding steroid dienone is 2. The number of nitrogens with one attached hydrogen (secondary N) is 2. The maximum atomic E-state index is 15.2. The van der Waals surface area contributed by atoms with Gasteiger partial charge in [-0.15, -0.1) is 0 Å². The van der Waals surface area contributed by atoms with Crippen molar-refractivity contribution >= 4 is 69.3 Å². The van der Waals surface area contributed by atoms with Crippen LogP contribution in [0.25, 0.3) is 11.1 Å². The van der Waals surface area contributed by atoms with Gasteiger partial charge in [-0.05, 0) is 153 Å². The van der Waals surface area contributed by atoms with Gasteiger partial charge in [0, 0.05) is 67.6 Å². The normalized spacial score (nSPS) is 20.0. The van der Waals surface area contributed by atoms with Crippen molar-refractivity contribution in [2.45, 2.75) is 237 Å². The highest BCUT2D eigenvalue weighted by Gasteiger charge is 2.47. The summed E-state index contributed by atoms with van der Waals surface area (Å²) in [4.78, 5) is 46.6.